The molecule has 0 bridgehead atoms. The van der Waals surface area contributed by atoms with Crippen LogP contribution in [0.4, 0.5) is 0 Å². The van der Waals surface area contributed by atoms with E-state index in [0.717, 1.165) is 122 Å². The third kappa shape index (κ3) is 57.1. The van der Waals surface area contributed by atoms with Gasteiger partial charge >= 0.3 is 25.7 Å². The van der Waals surface area contributed by atoms with Crippen LogP contribution in [0.5, 0.6) is 0 Å². The van der Waals surface area contributed by atoms with E-state index >= 15 is 0 Å². The molecule has 448 valence electrons. The number of phosphoric acid groups is 1. The van der Waals surface area contributed by atoms with Crippen molar-refractivity contribution in [2.45, 2.75) is 277 Å². The van der Waals surface area contributed by atoms with Crippen LogP contribution in [-0.2, 0) is 42.2 Å². The molecule has 12 heteroatoms. The van der Waals surface area contributed by atoms with Crippen molar-refractivity contribution in [3.63, 3.8) is 0 Å². The van der Waals surface area contributed by atoms with Gasteiger partial charge in [-0.05, 0) is 122 Å². The lowest BCUT2D eigenvalue weighted by molar-refractivity contribution is -0.161. The number of carbonyl (C=O) groups is 3. The van der Waals surface area contributed by atoms with E-state index in [-0.39, 0.29) is 25.9 Å². The van der Waals surface area contributed by atoms with E-state index in [2.05, 4.69) is 118 Å². The molecule has 3 atom stereocenters. The van der Waals surface area contributed by atoms with Gasteiger partial charge in [0.25, 0.3) is 0 Å². The van der Waals surface area contributed by atoms with Crippen LogP contribution in [0.1, 0.15) is 265 Å². The molecule has 0 heterocycles. The summed E-state index contributed by atoms with van der Waals surface area (Å²) in [6.07, 6.45) is 70.7. The topological polar surface area (TPSA) is 155 Å². The first-order valence-electron chi connectivity index (χ1n) is 31.1. The Morgan fingerprint density at radius 1 is 0.372 bits per heavy atom. The zero-order valence-corrected chi connectivity index (χ0v) is 50.5. The summed E-state index contributed by atoms with van der Waals surface area (Å²) in [6.45, 7) is 4.44. The summed E-state index contributed by atoms with van der Waals surface area (Å²) >= 11 is 0. The number of ether oxygens (including phenoxy) is 3. The molecule has 0 aliphatic heterocycles. The Bertz CT molecular complexity index is 1680. The molecule has 11 nitrogen and oxygen atoms in total. The molecule has 78 heavy (non-hydrogen) atoms. The molecule has 0 rings (SSSR count). The minimum Gasteiger partial charge on any atom is -0.462 e. The first kappa shape index (κ1) is 74.4. The van der Waals surface area contributed by atoms with E-state index in [1.165, 1.54) is 83.5 Å². The maximum Gasteiger partial charge on any atom is 0.472 e. The normalized spacial score (nSPS) is 14.0. The van der Waals surface area contributed by atoms with Gasteiger partial charge < -0.3 is 24.2 Å². The molecule has 0 aromatic heterocycles. The van der Waals surface area contributed by atoms with Gasteiger partial charge in [0.2, 0.25) is 0 Å². The fraction of sp³-hybridized carbons (Fsp3) is 0.712. The van der Waals surface area contributed by atoms with Crippen molar-refractivity contribution < 1.29 is 52.2 Å². The molecule has 0 aromatic carbocycles. The Kier molecular flexibility index (Phi) is 56.8. The average Bonchev–Trinajstić information content (AvgIpc) is 3.43. The van der Waals surface area contributed by atoms with E-state index in [0.29, 0.717) is 19.3 Å². The number of hydrogen-bond donors (Lipinski definition) is 2. The molecule has 3 unspecified atom stereocenters. The highest BCUT2D eigenvalue weighted by Crippen LogP contribution is 2.43. The van der Waals surface area contributed by atoms with Gasteiger partial charge in [-0.15, -0.1) is 0 Å². The minimum atomic E-state index is -4.77. The highest BCUT2D eigenvalue weighted by atomic mass is 31.2. The third-order valence-electron chi connectivity index (χ3n) is 13.0. The monoisotopic (exact) mass is 1110 g/mol. The third-order valence-corrected chi connectivity index (χ3v) is 13.9. The highest BCUT2D eigenvalue weighted by molar-refractivity contribution is 7.47. The largest absolute Gasteiger partial charge is 0.472 e. The molecule has 0 aliphatic rings. The number of carbonyl (C=O) groups excluding carboxylic acids is 3. The molecule has 0 saturated heterocycles. The van der Waals surface area contributed by atoms with Crippen LogP contribution in [0.3, 0.4) is 0 Å². The maximum absolute atomic E-state index is 12.9. The summed E-state index contributed by atoms with van der Waals surface area (Å²) in [5.41, 5.74) is 0. The molecule has 0 saturated carbocycles. The standard InChI is InChI=1S/C66H113O11P/c1-4-7-10-13-16-19-22-25-27-29-31-33-35-38-40-43-46-49-52-55-64(68)73-59-63(77-66(70)57-54-51-48-45-42-39-36-34-32-30-28-26-23-20-17-14-11-8-5-2)61-75-78(71,72)74-60-62(58-67)76-65(69)56-53-50-47-44-41-37-24-21-18-15-12-9-6-3/h9,12,16-21,25-28,32,34,37,41,62-63,67H,4-8,10-11,13-15,22-24,29-31,33,35-36,38-40,42-61H2,1-3H3,(H,71,72)/b12-9-,19-16-,20-17-,21-18-,27-25-,28-26-,34-32-,41-37-. The van der Waals surface area contributed by atoms with Crippen molar-refractivity contribution in [2.75, 3.05) is 26.4 Å². The van der Waals surface area contributed by atoms with E-state index in [4.69, 9.17) is 23.3 Å². The van der Waals surface area contributed by atoms with E-state index < -0.39 is 57.8 Å². The SMILES string of the molecule is CC/C=C\C/C=C\C/C=C\CCCCCC(=O)OC(CO)COP(=O)(O)OCC(COC(=O)CCCCCCCCCCC/C=C\C/C=C\CCCCC)OC(=O)CCCCCCCC/C=C\C/C=C\C/C=C\CCCCC. The Balaban J connectivity index is 4.77. The summed E-state index contributed by atoms with van der Waals surface area (Å²) in [7, 11) is -4.77. The number of aliphatic hydroxyl groups is 1. The Morgan fingerprint density at radius 2 is 0.667 bits per heavy atom. The van der Waals surface area contributed by atoms with Gasteiger partial charge in [-0.2, -0.15) is 0 Å². The Morgan fingerprint density at radius 3 is 1.04 bits per heavy atom. The molecular formula is C66H113O11P. The van der Waals surface area contributed by atoms with Crippen LogP contribution in [-0.4, -0.2) is 66.5 Å². The fourth-order valence-electron chi connectivity index (χ4n) is 8.23. The van der Waals surface area contributed by atoms with Crippen molar-refractivity contribution in [2.24, 2.45) is 0 Å². The first-order valence-corrected chi connectivity index (χ1v) is 32.6. The van der Waals surface area contributed by atoms with Crippen LogP contribution in [0.25, 0.3) is 0 Å². The van der Waals surface area contributed by atoms with Crippen molar-refractivity contribution in [1.82, 2.24) is 0 Å². The van der Waals surface area contributed by atoms with Gasteiger partial charge in [-0.1, -0.05) is 221 Å². The van der Waals surface area contributed by atoms with Gasteiger partial charge in [-0.3, -0.25) is 23.4 Å². The van der Waals surface area contributed by atoms with Gasteiger partial charge in [0.05, 0.1) is 19.8 Å². The number of unbranched alkanes of at least 4 members (excludes halogenated alkanes) is 24. The number of rotatable bonds is 57. The lowest BCUT2D eigenvalue weighted by Crippen LogP contribution is -2.30. The molecule has 0 aromatic rings. The van der Waals surface area contributed by atoms with Crippen LogP contribution < -0.4 is 0 Å². The van der Waals surface area contributed by atoms with Crippen molar-refractivity contribution in [3.05, 3.63) is 97.2 Å². The minimum absolute atomic E-state index is 0.137. The summed E-state index contributed by atoms with van der Waals surface area (Å²) in [6, 6.07) is 0. The van der Waals surface area contributed by atoms with E-state index in [1.807, 2.05) is 0 Å². The number of aliphatic hydroxyl groups excluding tert-OH is 1. The van der Waals surface area contributed by atoms with Crippen LogP contribution in [0.2, 0.25) is 0 Å². The predicted octanol–water partition coefficient (Wildman–Crippen LogP) is 18.8. The molecule has 0 spiro atoms. The maximum atomic E-state index is 12.9. The molecule has 0 radical (unpaired) electrons. The second-order valence-electron chi connectivity index (χ2n) is 20.5. The van der Waals surface area contributed by atoms with Gasteiger partial charge in [0, 0.05) is 19.3 Å². The summed E-state index contributed by atoms with van der Waals surface area (Å²) in [5, 5.41) is 9.82. The van der Waals surface area contributed by atoms with Crippen molar-refractivity contribution in [1.29, 1.82) is 0 Å². The Labute approximate surface area is 476 Å². The van der Waals surface area contributed by atoms with E-state index in [9.17, 15) is 28.9 Å². The van der Waals surface area contributed by atoms with Crippen LogP contribution in [0, 0.1) is 0 Å². The smallest absolute Gasteiger partial charge is 0.462 e. The molecule has 0 fully saturated rings. The predicted molar refractivity (Wildman–Crippen MR) is 325 cm³/mol. The summed E-state index contributed by atoms with van der Waals surface area (Å²) in [5.74, 6) is -1.51. The second kappa shape index (κ2) is 59.5. The number of esters is 3. The zero-order chi connectivity index (χ0) is 56.9. The number of phosphoric ester groups is 1. The lowest BCUT2D eigenvalue weighted by atomic mass is 10.1. The highest BCUT2D eigenvalue weighted by Gasteiger charge is 2.28. The van der Waals surface area contributed by atoms with Crippen molar-refractivity contribution in [3.8, 4) is 0 Å². The quantitative estimate of drug-likeness (QED) is 0.0197. The van der Waals surface area contributed by atoms with Crippen molar-refractivity contribution >= 4 is 25.7 Å². The second-order valence-corrected chi connectivity index (χ2v) is 21.9. The van der Waals surface area contributed by atoms with Gasteiger partial charge in [0.15, 0.2) is 6.10 Å². The fourth-order valence-corrected chi connectivity index (χ4v) is 9.01. The Hall–Kier alpha value is -3.60. The number of hydrogen-bond acceptors (Lipinski definition) is 10. The van der Waals surface area contributed by atoms with Gasteiger partial charge in [0.1, 0.15) is 12.7 Å². The lowest BCUT2D eigenvalue weighted by Gasteiger charge is -2.21. The molecular weight excluding hydrogens is 1000 g/mol. The molecule has 0 amide bonds. The summed E-state index contributed by atoms with van der Waals surface area (Å²) < 4.78 is 39.6. The van der Waals surface area contributed by atoms with Crippen LogP contribution in [0.15, 0.2) is 97.2 Å². The zero-order valence-electron chi connectivity index (χ0n) is 49.6. The first-order chi connectivity index (χ1) is 38.2. The number of allylic oxidation sites excluding steroid dienone is 16. The summed E-state index contributed by atoms with van der Waals surface area (Å²) in [4.78, 5) is 48.7. The van der Waals surface area contributed by atoms with E-state index in [1.54, 1.807) is 0 Å². The molecule has 0 aliphatic carbocycles. The van der Waals surface area contributed by atoms with Crippen LogP contribution >= 0.6 is 7.82 Å². The average molecular weight is 1110 g/mol. The molecule has 2 N–H and O–H groups in total. The van der Waals surface area contributed by atoms with Gasteiger partial charge in [-0.25, -0.2) is 4.57 Å².